The van der Waals surface area contributed by atoms with Gasteiger partial charge in [-0.05, 0) is 25.7 Å². The maximum absolute atomic E-state index is 12.2. The number of ketones is 1. The highest BCUT2D eigenvalue weighted by Gasteiger charge is 2.31. The van der Waals surface area contributed by atoms with Crippen molar-refractivity contribution in [3.8, 4) is 0 Å². The monoisotopic (exact) mass is 263 g/mol. The van der Waals surface area contributed by atoms with E-state index in [0.29, 0.717) is 6.42 Å². The molecule has 2 heterocycles. The van der Waals surface area contributed by atoms with Crippen molar-refractivity contribution >= 4 is 11.6 Å². The molecular formula is C14H21N3O2. The summed E-state index contributed by atoms with van der Waals surface area (Å²) >= 11 is 0. The van der Waals surface area contributed by atoms with Gasteiger partial charge in [0.15, 0.2) is 5.78 Å². The van der Waals surface area contributed by atoms with Gasteiger partial charge < -0.3 is 15.3 Å². The van der Waals surface area contributed by atoms with Crippen LogP contribution in [-0.2, 0) is 4.79 Å². The molecule has 0 aromatic carbocycles. The first-order chi connectivity index (χ1) is 9.29. The molecule has 104 valence electrons. The standard InChI is InChI=1S/C14H21N3O2/c18-9-10-8-15-5-6-17(10)14-7-13(19)11-3-1-2-4-12(11)16-14/h10,15,18H,1-9H2/t10-/m1/s1. The van der Waals surface area contributed by atoms with Crippen LogP contribution in [0.3, 0.4) is 0 Å². The van der Waals surface area contributed by atoms with E-state index in [0.717, 1.165) is 62.4 Å². The molecule has 0 aromatic heterocycles. The highest BCUT2D eigenvalue weighted by atomic mass is 16.3. The van der Waals surface area contributed by atoms with Crippen LogP contribution in [0.1, 0.15) is 32.1 Å². The molecule has 5 heteroatoms. The van der Waals surface area contributed by atoms with E-state index < -0.39 is 0 Å². The van der Waals surface area contributed by atoms with Gasteiger partial charge in [0.2, 0.25) is 0 Å². The van der Waals surface area contributed by atoms with Crippen molar-refractivity contribution < 1.29 is 9.90 Å². The molecule has 2 N–H and O–H groups in total. The van der Waals surface area contributed by atoms with E-state index in [4.69, 9.17) is 4.99 Å². The molecule has 0 radical (unpaired) electrons. The average Bonchev–Trinajstić information content (AvgIpc) is 2.47. The molecule has 19 heavy (non-hydrogen) atoms. The smallest absolute Gasteiger partial charge is 0.168 e. The molecule has 0 unspecified atom stereocenters. The average molecular weight is 263 g/mol. The SMILES string of the molecule is O=C1CC(N2CCNC[C@@H]2CO)=NC2=C1CCCC2. The van der Waals surface area contributed by atoms with Crippen LogP contribution in [-0.4, -0.2) is 53.9 Å². The Morgan fingerprint density at radius 1 is 1.37 bits per heavy atom. The Balaban J connectivity index is 1.86. The first-order valence-electron chi connectivity index (χ1n) is 7.20. The summed E-state index contributed by atoms with van der Waals surface area (Å²) in [5.74, 6) is 1.11. The lowest BCUT2D eigenvalue weighted by Gasteiger charge is -2.38. The molecule has 1 atom stereocenters. The molecule has 1 saturated heterocycles. The maximum Gasteiger partial charge on any atom is 0.168 e. The van der Waals surface area contributed by atoms with Crippen LogP contribution >= 0.6 is 0 Å². The summed E-state index contributed by atoms with van der Waals surface area (Å²) in [6.07, 6.45) is 4.49. The predicted octanol–water partition coefficient (Wildman–Crippen LogP) is 0.452. The quantitative estimate of drug-likeness (QED) is 0.721. The number of aliphatic hydroxyl groups excluding tert-OH is 1. The Morgan fingerprint density at radius 2 is 2.21 bits per heavy atom. The van der Waals surface area contributed by atoms with Gasteiger partial charge in [0, 0.05) is 30.9 Å². The number of carbonyl (C=O) groups is 1. The summed E-state index contributed by atoms with van der Waals surface area (Å²) in [5, 5.41) is 12.7. The van der Waals surface area contributed by atoms with Gasteiger partial charge in [0.1, 0.15) is 5.84 Å². The number of hydrogen-bond donors (Lipinski definition) is 2. The van der Waals surface area contributed by atoms with E-state index in [1.165, 1.54) is 0 Å². The van der Waals surface area contributed by atoms with Crippen LogP contribution in [0.5, 0.6) is 0 Å². The molecular weight excluding hydrogens is 242 g/mol. The number of aliphatic hydroxyl groups is 1. The lowest BCUT2D eigenvalue weighted by atomic mass is 9.90. The van der Waals surface area contributed by atoms with Crippen LogP contribution in [0.15, 0.2) is 16.3 Å². The zero-order valence-electron chi connectivity index (χ0n) is 11.2. The summed E-state index contributed by atoms with van der Waals surface area (Å²) < 4.78 is 0. The molecule has 1 aliphatic carbocycles. The fraction of sp³-hybridized carbons (Fsp3) is 0.714. The van der Waals surface area contributed by atoms with Crippen molar-refractivity contribution in [1.82, 2.24) is 10.2 Å². The van der Waals surface area contributed by atoms with E-state index in [1.54, 1.807) is 0 Å². The van der Waals surface area contributed by atoms with Gasteiger partial charge in [-0.15, -0.1) is 0 Å². The molecule has 3 aliphatic rings. The van der Waals surface area contributed by atoms with E-state index in [9.17, 15) is 9.90 Å². The highest BCUT2D eigenvalue weighted by Crippen LogP contribution is 2.31. The molecule has 1 fully saturated rings. The van der Waals surface area contributed by atoms with Crippen LogP contribution in [0.2, 0.25) is 0 Å². The fourth-order valence-electron chi connectivity index (χ4n) is 3.19. The number of aliphatic imine (C=N–C) groups is 1. The lowest BCUT2D eigenvalue weighted by Crippen LogP contribution is -2.55. The van der Waals surface area contributed by atoms with E-state index >= 15 is 0 Å². The predicted molar refractivity (Wildman–Crippen MR) is 73.0 cm³/mol. The van der Waals surface area contributed by atoms with E-state index in [-0.39, 0.29) is 18.4 Å². The van der Waals surface area contributed by atoms with Crippen molar-refractivity contribution in [2.45, 2.75) is 38.1 Å². The Morgan fingerprint density at radius 3 is 3.05 bits per heavy atom. The normalized spacial score (nSPS) is 28.3. The minimum absolute atomic E-state index is 0.0473. The van der Waals surface area contributed by atoms with Crippen molar-refractivity contribution in [3.63, 3.8) is 0 Å². The van der Waals surface area contributed by atoms with Crippen LogP contribution in [0.4, 0.5) is 0 Å². The number of hydrogen-bond acceptors (Lipinski definition) is 5. The number of amidine groups is 1. The van der Waals surface area contributed by atoms with Crippen molar-refractivity contribution in [3.05, 3.63) is 11.3 Å². The van der Waals surface area contributed by atoms with Gasteiger partial charge in [0.05, 0.1) is 19.1 Å². The number of allylic oxidation sites excluding steroid dienone is 2. The maximum atomic E-state index is 12.2. The molecule has 0 aromatic rings. The topological polar surface area (TPSA) is 64.9 Å². The van der Waals surface area contributed by atoms with Gasteiger partial charge in [-0.3, -0.25) is 4.79 Å². The largest absolute Gasteiger partial charge is 0.394 e. The Labute approximate surface area is 113 Å². The van der Waals surface area contributed by atoms with Crippen LogP contribution in [0.25, 0.3) is 0 Å². The molecule has 2 aliphatic heterocycles. The Kier molecular flexibility index (Phi) is 3.66. The van der Waals surface area contributed by atoms with Gasteiger partial charge in [-0.2, -0.15) is 0 Å². The lowest BCUT2D eigenvalue weighted by molar-refractivity contribution is -0.115. The van der Waals surface area contributed by atoms with E-state index in [1.807, 2.05) is 0 Å². The van der Waals surface area contributed by atoms with Crippen LogP contribution in [0, 0.1) is 0 Å². The third-order valence-electron chi connectivity index (χ3n) is 4.25. The minimum Gasteiger partial charge on any atom is -0.394 e. The summed E-state index contributed by atoms with van der Waals surface area (Å²) in [4.78, 5) is 19.1. The molecule has 0 amide bonds. The summed E-state index contributed by atoms with van der Waals surface area (Å²) in [6, 6.07) is 0.0473. The number of nitrogens with one attached hydrogen (secondary N) is 1. The zero-order chi connectivity index (χ0) is 13.2. The summed E-state index contributed by atoms with van der Waals surface area (Å²) in [7, 11) is 0. The second kappa shape index (κ2) is 5.43. The Hall–Kier alpha value is -1.20. The molecule has 0 spiro atoms. The number of nitrogens with zero attached hydrogens (tertiary/aromatic N) is 2. The molecule has 0 bridgehead atoms. The summed E-state index contributed by atoms with van der Waals surface area (Å²) in [6.45, 7) is 2.57. The van der Waals surface area contributed by atoms with Gasteiger partial charge in [0.25, 0.3) is 0 Å². The fourth-order valence-corrected chi connectivity index (χ4v) is 3.19. The number of rotatable bonds is 1. The van der Waals surface area contributed by atoms with Crippen molar-refractivity contribution in [2.75, 3.05) is 26.2 Å². The Bertz CT molecular complexity index is 442. The third-order valence-corrected chi connectivity index (χ3v) is 4.25. The highest BCUT2D eigenvalue weighted by molar-refractivity contribution is 6.11. The summed E-state index contributed by atoms with van der Waals surface area (Å²) in [5.41, 5.74) is 1.97. The molecule has 5 nitrogen and oxygen atoms in total. The van der Waals surface area contributed by atoms with Gasteiger partial charge in [-0.1, -0.05) is 0 Å². The van der Waals surface area contributed by atoms with Gasteiger partial charge >= 0.3 is 0 Å². The van der Waals surface area contributed by atoms with Crippen molar-refractivity contribution in [1.29, 1.82) is 0 Å². The molecule has 3 rings (SSSR count). The number of piperazine rings is 1. The first kappa shape index (κ1) is 12.8. The minimum atomic E-state index is 0.0473. The van der Waals surface area contributed by atoms with Crippen LogP contribution < -0.4 is 5.32 Å². The zero-order valence-corrected chi connectivity index (χ0v) is 11.2. The third kappa shape index (κ3) is 2.44. The molecule has 0 saturated carbocycles. The van der Waals surface area contributed by atoms with E-state index in [2.05, 4.69) is 10.2 Å². The first-order valence-corrected chi connectivity index (χ1v) is 7.20. The van der Waals surface area contributed by atoms with Crippen molar-refractivity contribution in [2.24, 2.45) is 4.99 Å². The second-order valence-corrected chi connectivity index (χ2v) is 5.49. The number of carbonyl (C=O) groups excluding carboxylic acids is 1. The van der Waals surface area contributed by atoms with Gasteiger partial charge in [-0.25, -0.2) is 4.99 Å². The number of Topliss-reactive ketones (excluding diaryl/α,β-unsaturated/α-hetero) is 1. The second-order valence-electron chi connectivity index (χ2n) is 5.49.